The van der Waals surface area contributed by atoms with E-state index in [0.717, 1.165) is 11.1 Å². The summed E-state index contributed by atoms with van der Waals surface area (Å²) in [6.07, 6.45) is 6.94. The third kappa shape index (κ3) is 6.89. The molecule has 5 rings (SSSR count). The van der Waals surface area contributed by atoms with Crippen LogP contribution in [0.15, 0.2) is 58.7 Å². The molecule has 2 bridgehead atoms. The summed E-state index contributed by atoms with van der Waals surface area (Å²) in [6, 6.07) is 0. The van der Waals surface area contributed by atoms with Crippen LogP contribution in [0.2, 0.25) is 0 Å². The molecule has 12 atom stereocenters. The van der Waals surface area contributed by atoms with Crippen LogP contribution in [0.25, 0.3) is 0 Å². The van der Waals surface area contributed by atoms with Gasteiger partial charge >= 0.3 is 11.9 Å². The molecule has 1 aliphatic carbocycles. The number of aliphatic hydroxyl groups excluding tert-OH is 2. The van der Waals surface area contributed by atoms with Gasteiger partial charge in [0.15, 0.2) is 5.79 Å². The topological polar surface area (TPSA) is 141 Å². The first-order valence-electron chi connectivity index (χ1n) is 17.4. The zero-order valence-electron chi connectivity index (χ0n) is 29.5. The van der Waals surface area contributed by atoms with Crippen molar-refractivity contribution in [2.45, 2.75) is 135 Å². The zero-order valence-corrected chi connectivity index (χ0v) is 29.5. The van der Waals surface area contributed by atoms with Gasteiger partial charge in [-0.25, -0.2) is 0 Å². The molecule has 0 aromatic rings. The Balaban J connectivity index is 1.59. The number of carbonyl (C=O) groups excluding carboxylic acids is 2. The van der Waals surface area contributed by atoms with E-state index in [2.05, 4.69) is 0 Å². The first kappa shape index (κ1) is 36.7. The summed E-state index contributed by atoms with van der Waals surface area (Å²) >= 11 is 0. The van der Waals surface area contributed by atoms with E-state index < -0.39 is 59.9 Å². The number of rotatable bonds is 3. The molecule has 3 N–H and O–H groups in total. The maximum atomic E-state index is 14.1. The smallest absolute Gasteiger partial charge is 0.316 e. The maximum Gasteiger partial charge on any atom is 0.316 e. The van der Waals surface area contributed by atoms with Gasteiger partial charge < -0.3 is 39.0 Å². The Morgan fingerprint density at radius 1 is 1.10 bits per heavy atom. The van der Waals surface area contributed by atoms with Crippen molar-refractivity contribution in [1.82, 2.24) is 0 Å². The average Bonchev–Trinajstić information content (AvgIpc) is 3.37. The standard InChI is InChI=1S/C38H54O10/c1-9-21(4)33-25(8)16-30(39)37(48-33)18-28-17-27(47-37)14-13-23(6)32(46-35(41)20(2)3)22(5)11-10-12-26-19-44-34-31(40)24(7)15-29(36(42)45-28)38(26,34)43/h9-13,15,20,22,25,27-34,39-40,43H,14,16-19H2,1-8H3/b11-10+,21-9+,23-13+,26-12+/t22-,25-,27+,28-,29-,30+,31+,32-,33+,34+,37-,38+/m0/s1. The molecule has 0 aromatic heterocycles. The molecule has 1 spiro atoms. The lowest BCUT2D eigenvalue weighted by molar-refractivity contribution is -0.363. The second kappa shape index (κ2) is 14.3. The zero-order chi connectivity index (χ0) is 35.1. The summed E-state index contributed by atoms with van der Waals surface area (Å²) < 4.78 is 31.5. The molecule has 10 nitrogen and oxygen atoms in total. The van der Waals surface area contributed by atoms with Gasteiger partial charge in [0.25, 0.3) is 0 Å². The highest BCUT2D eigenvalue weighted by Crippen LogP contribution is 2.48. The first-order valence-corrected chi connectivity index (χ1v) is 17.4. The minimum Gasteiger partial charge on any atom is -0.462 e. The van der Waals surface area contributed by atoms with Crippen LogP contribution in [0.1, 0.15) is 81.1 Å². The van der Waals surface area contributed by atoms with E-state index in [1.807, 2.05) is 52.8 Å². The number of hydrogen-bond acceptors (Lipinski definition) is 10. The number of ether oxygens (including phenoxy) is 5. The molecule has 10 heteroatoms. The van der Waals surface area contributed by atoms with E-state index in [1.54, 1.807) is 39.0 Å². The monoisotopic (exact) mass is 670 g/mol. The van der Waals surface area contributed by atoms with Gasteiger partial charge in [-0.2, -0.15) is 0 Å². The number of hydrogen-bond donors (Lipinski definition) is 3. The summed E-state index contributed by atoms with van der Waals surface area (Å²) in [5.74, 6) is -4.08. The summed E-state index contributed by atoms with van der Waals surface area (Å²) in [4.78, 5) is 26.9. The van der Waals surface area contributed by atoms with Crippen LogP contribution >= 0.6 is 0 Å². The summed E-state index contributed by atoms with van der Waals surface area (Å²) in [5.41, 5.74) is 0.935. The van der Waals surface area contributed by atoms with Crippen molar-refractivity contribution >= 4 is 11.9 Å². The average molecular weight is 671 g/mol. The number of allylic oxidation sites excluding steroid dienone is 3. The van der Waals surface area contributed by atoms with Gasteiger partial charge in [-0.3, -0.25) is 9.59 Å². The van der Waals surface area contributed by atoms with Crippen molar-refractivity contribution in [3.8, 4) is 0 Å². The van der Waals surface area contributed by atoms with E-state index in [-0.39, 0.29) is 42.9 Å². The number of fused-ring (bicyclic) bond motifs is 2. The highest BCUT2D eigenvalue weighted by atomic mass is 16.7. The molecule has 0 aromatic carbocycles. The maximum absolute atomic E-state index is 14.1. The summed E-state index contributed by atoms with van der Waals surface area (Å²) in [6.45, 7) is 15.1. The molecule has 3 saturated heterocycles. The normalized spacial score (nSPS) is 45.3. The van der Waals surface area contributed by atoms with Gasteiger partial charge in [0.2, 0.25) is 0 Å². The fourth-order valence-electron chi connectivity index (χ4n) is 7.83. The SMILES string of the molecule is C/C=C(\C)[C@H]1O[C@@]2(C[C@@H]3C[C@@H](C/C=C(\C)[C@@H](OC(=O)C(C)C)[C@@H](C)/C=C/C=C4\CO[C@@H]5[C@H](O)C(C)=C[C@@H](C(=O)O3)[C@]45O)O2)[C@H](O)C[C@@H]1C. The van der Waals surface area contributed by atoms with Gasteiger partial charge in [-0.05, 0) is 68.7 Å². The van der Waals surface area contributed by atoms with Crippen LogP contribution in [0.5, 0.6) is 0 Å². The quantitative estimate of drug-likeness (QED) is 0.288. The first-order chi connectivity index (χ1) is 22.6. The van der Waals surface area contributed by atoms with Gasteiger partial charge in [-0.15, -0.1) is 0 Å². The van der Waals surface area contributed by atoms with Crippen molar-refractivity contribution < 1.29 is 48.6 Å². The van der Waals surface area contributed by atoms with Crippen molar-refractivity contribution in [3.63, 3.8) is 0 Å². The van der Waals surface area contributed by atoms with Crippen LogP contribution in [0.3, 0.4) is 0 Å². The Morgan fingerprint density at radius 2 is 1.83 bits per heavy atom. The fraction of sp³-hybridized carbons (Fsp3) is 0.684. The minimum atomic E-state index is -1.85. The van der Waals surface area contributed by atoms with Gasteiger partial charge in [0.1, 0.15) is 42.0 Å². The molecular weight excluding hydrogens is 616 g/mol. The van der Waals surface area contributed by atoms with E-state index in [4.69, 9.17) is 23.7 Å². The number of esters is 2. The Morgan fingerprint density at radius 3 is 2.52 bits per heavy atom. The van der Waals surface area contributed by atoms with Gasteiger partial charge in [0.05, 0.1) is 24.7 Å². The van der Waals surface area contributed by atoms with E-state index in [9.17, 15) is 24.9 Å². The van der Waals surface area contributed by atoms with E-state index >= 15 is 0 Å². The van der Waals surface area contributed by atoms with Gasteiger partial charge in [-0.1, -0.05) is 64.2 Å². The second-order valence-corrected chi connectivity index (χ2v) is 14.9. The molecule has 4 aliphatic heterocycles. The predicted molar refractivity (Wildman–Crippen MR) is 178 cm³/mol. The number of carbonyl (C=O) groups is 2. The highest BCUT2D eigenvalue weighted by Gasteiger charge is 2.60. The highest BCUT2D eigenvalue weighted by molar-refractivity contribution is 5.78. The molecule has 5 aliphatic rings. The van der Waals surface area contributed by atoms with Crippen molar-refractivity contribution in [2.75, 3.05) is 6.61 Å². The van der Waals surface area contributed by atoms with E-state index in [1.165, 1.54) is 0 Å². The minimum absolute atomic E-state index is 0.0128. The lowest BCUT2D eigenvalue weighted by Gasteiger charge is -2.52. The summed E-state index contributed by atoms with van der Waals surface area (Å²) in [7, 11) is 0. The third-order valence-electron chi connectivity index (χ3n) is 10.9. The molecular formula is C38H54O10. The molecule has 48 heavy (non-hydrogen) atoms. The Labute approximate surface area is 284 Å². The van der Waals surface area contributed by atoms with Crippen molar-refractivity contribution in [2.24, 2.45) is 23.7 Å². The third-order valence-corrected chi connectivity index (χ3v) is 10.9. The van der Waals surface area contributed by atoms with Crippen LogP contribution in [0.4, 0.5) is 0 Å². The van der Waals surface area contributed by atoms with Crippen LogP contribution in [0, 0.1) is 23.7 Å². The van der Waals surface area contributed by atoms with Crippen molar-refractivity contribution in [3.05, 3.63) is 58.7 Å². The molecule has 0 radical (unpaired) electrons. The number of aliphatic hydroxyl groups is 3. The second-order valence-electron chi connectivity index (χ2n) is 14.9. The van der Waals surface area contributed by atoms with Crippen LogP contribution in [-0.4, -0.2) is 88.0 Å². The molecule has 4 heterocycles. The Bertz CT molecular complexity index is 1390. The molecule has 0 saturated carbocycles. The molecule has 0 unspecified atom stereocenters. The Kier molecular flexibility index (Phi) is 10.9. The van der Waals surface area contributed by atoms with Gasteiger partial charge in [0, 0.05) is 18.8 Å². The molecule has 266 valence electrons. The van der Waals surface area contributed by atoms with Crippen LogP contribution in [-0.2, 0) is 33.3 Å². The van der Waals surface area contributed by atoms with Crippen molar-refractivity contribution in [1.29, 1.82) is 0 Å². The molecule has 3 fully saturated rings. The lowest BCUT2D eigenvalue weighted by Crippen LogP contribution is -2.62. The largest absolute Gasteiger partial charge is 0.462 e. The van der Waals surface area contributed by atoms with E-state index in [0.29, 0.717) is 30.4 Å². The lowest BCUT2D eigenvalue weighted by atomic mass is 9.71. The fourth-order valence-corrected chi connectivity index (χ4v) is 7.83. The Hall–Kier alpha value is -2.60. The van der Waals surface area contributed by atoms with Crippen LogP contribution < -0.4 is 0 Å². The predicted octanol–water partition coefficient (Wildman–Crippen LogP) is 4.63. The molecule has 0 amide bonds. The summed E-state index contributed by atoms with van der Waals surface area (Å²) in [5, 5.41) is 34.8.